The third-order valence-corrected chi connectivity index (χ3v) is 7.97. The molecule has 0 radical (unpaired) electrons. The third kappa shape index (κ3) is 2.84. The normalized spacial score (nSPS) is 15.5. The van der Waals surface area contributed by atoms with Crippen LogP contribution < -0.4 is 0 Å². The zero-order valence-corrected chi connectivity index (χ0v) is 19.2. The Morgan fingerprint density at radius 1 is 0.581 bits per heavy atom. The fourth-order valence-corrected chi connectivity index (χ4v) is 6.55. The fraction of sp³-hybridized carbons (Fsp3) is 0.0333. The Kier molecular flexibility index (Phi) is 4.57. The van der Waals surface area contributed by atoms with Crippen molar-refractivity contribution in [2.45, 2.75) is 5.41 Å². The van der Waals surface area contributed by atoms with Crippen LogP contribution in [0.15, 0.2) is 119 Å². The maximum atomic E-state index is 2.43. The van der Waals surface area contributed by atoms with Gasteiger partial charge in [0.25, 0.3) is 0 Å². The van der Waals surface area contributed by atoms with E-state index in [9.17, 15) is 0 Å². The van der Waals surface area contributed by atoms with E-state index in [0.717, 1.165) is 0 Å². The monoisotopic (exact) mass is 508 g/mol. The van der Waals surface area contributed by atoms with E-state index in [1.807, 2.05) is 0 Å². The zero-order chi connectivity index (χ0) is 20.7. The van der Waals surface area contributed by atoms with Crippen molar-refractivity contribution in [1.29, 1.82) is 0 Å². The van der Waals surface area contributed by atoms with Crippen molar-refractivity contribution in [2.75, 3.05) is 0 Å². The average molecular weight is 508 g/mol. The number of rotatable bonds is 3. The topological polar surface area (TPSA) is 0 Å². The predicted molar refractivity (Wildman–Crippen MR) is 141 cm³/mol. The van der Waals surface area contributed by atoms with Gasteiger partial charge in [0.15, 0.2) is 0 Å². The molecule has 1 aliphatic heterocycles. The Morgan fingerprint density at radius 2 is 1.23 bits per heavy atom. The first kappa shape index (κ1) is 18.7. The first-order chi connectivity index (χ1) is 15.4. The molecule has 31 heavy (non-hydrogen) atoms. The van der Waals surface area contributed by atoms with Gasteiger partial charge in [-0.3, -0.25) is 0 Å². The molecule has 0 spiro atoms. The minimum atomic E-state index is -0.319. The second kappa shape index (κ2) is 7.58. The lowest BCUT2D eigenvalue weighted by Gasteiger charge is -2.34. The van der Waals surface area contributed by atoms with E-state index < -0.39 is 0 Å². The molecule has 148 valence electrons. The molecule has 2 aliphatic rings. The first-order valence-electron chi connectivity index (χ1n) is 10.6. The summed E-state index contributed by atoms with van der Waals surface area (Å²) >= 11 is 0.0767. The van der Waals surface area contributed by atoms with Crippen molar-refractivity contribution in [3.05, 3.63) is 147 Å². The molecule has 0 aromatic heterocycles. The molecule has 1 heterocycles. The molecule has 1 heteroatoms. The summed E-state index contributed by atoms with van der Waals surface area (Å²) < 4.78 is 4.69. The maximum absolute atomic E-state index is 2.43. The third-order valence-electron chi connectivity index (χ3n) is 6.42. The minimum Gasteiger partial charge on any atom is -0.0937 e. The first-order valence-corrected chi connectivity index (χ1v) is 13.1. The lowest BCUT2D eigenvalue weighted by atomic mass is 9.67. The molecule has 0 saturated carbocycles. The van der Waals surface area contributed by atoms with Gasteiger partial charge in [-0.2, -0.15) is 0 Å². The highest BCUT2D eigenvalue weighted by atomic mass is 127. The van der Waals surface area contributed by atoms with Gasteiger partial charge in [-0.1, -0.05) is 118 Å². The Morgan fingerprint density at radius 3 is 1.90 bits per heavy atom. The van der Waals surface area contributed by atoms with Gasteiger partial charge < -0.3 is 0 Å². The van der Waals surface area contributed by atoms with Crippen LogP contribution in [-0.4, -0.2) is 4.01 Å². The van der Waals surface area contributed by atoms with Crippen LogP contribution in [0.1, 0.15) is 27.8 Å². The highest BCUT2D eigenvalue weighted by Gasteiger charge is 2.45. The van der Waals surface area contributed by atoms with E-state index in [1.165, 1.54) is 44.5 Å². The highest BCUT2D eigenvalue weighted by Crippen LogP contribution is 2.56. The summed E-state index contributed by atoms with van der Waals surface area (Å²) in [5.41, 5.74) is 10.3. The van der Waals surface area contributed by atoms with Crippen LogP contribution in [0.5, 0.6) is 0 Å². The number of benzene rings is 4. The number of hydrogen-bond donors (Lipinski definition) is 0. The molecule has 0 unspecified atom stereocenters. The fourth-order valence-electron chi connectivity index (χ4n) is 5.12. The van der Waals surface area contributed by atoms with Crippen molar-refractivity contribution < 1.29 is 0 Å². The van der Waals surface area contributed by atoms with Crippen LogP contribution >= 0.6 is 20.7 Å². The SMILES string of the molecule is C1=CC(c2ccc3c(c2)C(c2ccccc2)(c2ccccc2)c2ccccc2-3)=CC=I1. The summed E-state index contributed by atoms with van der Waals surface area (Å²) in [5, 5.41) is 0. The summed E-state index contributed by atoms with van der Waals surface area (Å²) in [6.45, 7) is 0. The Labute approximate surface area is 193 Å². The molecule has 0 N–H and O–H groups in total. The van der Waals surface area contributed by atoms with Gasteiger partial charge in [0.1, 0.15) is 0 Å². The van der Waals surface area contributed by atoms with Gasteiger partial charge in [-0.15, -0.1) is 0 Å². The molecular weight excluding hydrogens is 487 g/mol. The summed E-state index contributed by atoms with van der Waals surface area (Å²) in [6, 6.07) is 38.0. The van der Waals surface area contributed by atoms with E-state index in [2.05, 4.69) is 123 Å². The van der Waals surface area contributed by atoms with E-state index in [-0.39, 0.29) is 26.1 Å². The zero-order valence-electron chi connectivity index (χ0n) is 17.0. The van der Waals surface area contributed by atoms with Crippen LogP contribution in [-0.2, 0) is 5.41 Å². The second-order valence-corrected chi connectivity index (χ2v) is 10.1. The van der Waals surface area contributed by atoms with Crippen molar-refractivity contribution in [1.82, 2.24) is 0 Å². The van der Waals surface area contributed by atoms with Crippen molar-refractivity contribution >= 4 is 30.3 Å². The van der Waals surface area contributed by atoms with Crippen molar-refractivity contribution in [3.8, 4) is 11.1 Å². The lowest BCUT2D eigenvalue weighted by Crippen LogP contribution is -2.28. The minimum absolute atomic E-state index is 0.0767. The van der Waals surface area contributed by atoms with Gasteiger partial charge >= 0.3 is 0 Å². The van der Waals surface area contributed by atoms with Gasteiger partial charge in [0, 0.05) is 0 Å². The van der Waals surface area contributed by atoms with E-state index in [4.69, 9.17) is 0 Å². The molecule has 0 saturated heterocycles. The maximum Gasteiger partial charge on any atom is 0.0713 e. The van der Waals surface area contributed by atoms with E-state index in [1.54, 1.807) is 0 Å². The largest absolute Gasteiger partial charge is 0.0937 e. The highest BCUT2D eigenvalue weighted by molar-refractivity contribution is 14.2. The lowest BCUT2D eigenvalue weighted by molar-refractivity contribution is 0.768. The van der Waals surface area contributed by atoms with Gasteiger partial charge in [-0.05, 0) is 70.8 Å². The Bertz CT molecular complexity index is 1320. The number of fused-ring (bicyclic) bond motifs is 3. The summed E-state index contributed by atoms with van der Waals surface area (Å²) in [4.78, 5) is 0. The van der Waals surface area contributed by atoms with E-state index in [0.29, 0.717) is 0 Å². The quantitative estimate of drug-likeness (QED) is 0.219. The van der Waals surface area contributed by atoms with Crippen LogP contribution in [0, 0.1) is 0 Å². The second-order valence-electron chi connectivity index (χ2n) is 7.95. The van der Waals surface area contributed by atoms with Crippen molar-refractivity contribution in [2.24, 2.45) is 0 Å². The molecule has 0 atom stereocenters. The Balaban J connectivity index is 1.73. The molecule has 6 rings (SSSR count). The van der Waals surface area contributed by atoms with Crippen LogP contribution in [0.2, 0.25) is 0 Å². The predicted octanol–water partition coefficient (Wildman–Crippen LogP) is 7.73. The molecular formula is C30H21I. The molecule has 0 fully saturated rings. The average Bonchev–Trinajstić information content (AvgIpc) is 3.16. The smallest absolute Gasteiger partial charge is 0.0713 e. The van der Waals surface area contributed by atoms with Crippen molar-refractivity contribution in [3.63, 3.8) is 0 Å². The number of halogens is 1. The van der Waals surface area contributed by atoms with Gasteiger partial charge in [-0.25, -0.2) is 0 Å². The molecule has 0 amide bonds. The summed E-state index contributed by atoms with van der Waals surface area (Å²) in [7, 11) is 0. The number of hydrogen-bond acceptors (Lipinski definition) is 0. The van der Waals surface area contributed by atoms with Crippen LogP contribution in [0.25, 0.3) is 16.7 Å². The van der Waals surface area contributed by atoms with Crippen LogP contribution in [0.3, 0.4) is 0 Å². The number of allylic oxidation sites excluding steroid dienone is 3. The van der Waals surface area contributed by atoms with Crippen LogP contribution in [0.4, 0.5) is 0 Å². The summed E-state index contributed by atoms with van der Waals surface area (Å²) in [6.07, 6.45) is 4.59. The van der Waals surface area contributed by atoms with E-state index >= 15 is 0 Å². The summed E-state index contributed by atoms with van der Waals surface area (Å²) in [5.74, 6) is 0. The molecule has 4 aromatic rings. The Hall–Kier alpha value is -3.04. The molecule has 1 aliphatic carbocycles. The standard InChI is InChI=1S/C30H21I/c1-3-9-24(10-4-1)30(25-11-5-2-6-12-25)28-14-8-7-13-26(28)27-16-15-23(21-29(27)30)22-17-19-31-20-18-22/h1-21H. The molecule has 0 nitrogen and oxygen atoms in total. The van der Waals surface area contributed by atoms with Gasteiger partial charge in [0.05, 0.1) is 5.41 Å². The van der Waals surface area contributed by atoms with Gasteiger partial charge in [0.2, 0.25) is 0 Å². The molecule has 0 bridgehead atoms. The molecule has 4 aromatic carbocycles.